The molecule has 0 amide bonds. The minimum Gasteiger partial charge on any atom is -0.406 e. The van der Waals surface area contributed by atoms with E-state index in [1.54, 1.807) is 12.3 Å². The lowest BCUT2D eigenvalue weighted by molar-refractivity contribution is -0.274. The minimum atomic E-state index is -4.71. The molecule has 0 saturated carbocycles. The summed E-state index contributed by atoms with van der Waals surface area (Å²) in [5, 5.41) is 9.78. The molecule has 0 fully saturated rings. The Hall–Kier alpha value is -2.89. The molecule has 0 atom stereocenters. The van der Waals surface area contributed by atoms with Gasteiger partial charge in [-0.1, -0.05) is 24.8 Å². The lowest BCUT2D eigenvalue weighted by atomic mass is 10.0. The number of aromatic nitrogens is 2. The second-order valence-electron chi connectivity index (χ2n) is 4.82. The Labute approximate surface area is 130 Å². The van der Waals surface area contributed by atoms with E-state index >= 15 is 0 Å². The van der Waals surface area contributed by atoms with Gasteiger partial charge >= 0.3 is 6.36 Å². The number of fused-ring (bicyclic) bond motifs is 1. The predicted octanol–water partition coefficient (Wildman–Crippen LogP) is 4.84. The van der Waals surface area contributed by atoms with Crippen molar-refractivity contribution in [2.75, 3.05) is 0 Å². The van der Waals surface area contributed by atoms with Crippen LogP contribution in [0.1, 0.15) is 5.56 Å². The number of halogens is 3. The molecule has 1 aromatic heterocycles. The first-order chi connectivity index (χ1) is 11.0. The van der Waals surface area contributed by atoms with Crippen LogP contribution in [-0.4, -0.2) is 16.6 Å². The summed E-state index contributed by atoms with van der Waals surface area (Å²) in [6.45, 7) is 3.73. The maximum Gasteiger partial charge on any atom is 0.573 e. The van der Waals surface area contributed by atoms with Crippen LogP contribution in [0.4, 0.5) is 13.2 Å². The first-order valence-electron chi connectivity index (χ1n) is 6.70. The van der Waals surface area contributed by atoms with E-state index in [9.17, 15) is 13.2 Å². The Balaban J connectivity index is 2.04. The van der Waals surface area contributed by atoms with Crippen LogP contribution in [0.25, 0.3) is 28.1 Å². The number of nitrogens with zero attached hydrogens (tertiary/aromatic N) is 2. The van der Waals surface area contributed by atoms with Crippen molar-refractivity contribution < 1.29 is 17.9 Å². The van der Waals surface area contributed by atoms with E-state index < -0.39 is 6.36 Å². The molecule has 0 N–H and O–H groups in total. The van der Waals surface area contributed by atoms with Crippen LogP contribution in [0.15, 0.2) is 55.2 Å². The highest BCUT2D eigenvalue weighted by molar-refractivity contribution is 5.95. The van der Waals surface area contributed by atoms with E-state index in [1.807, 2.05) is 18.2 Å². The molecule has 3 nitrogen and oxygen atoms in total. The van der Waals surface area contributed by atoms with Crippen LogP contribution in [0.3, 0.4) is 0 Å². The average molecular weight is 316 g/mol. The van der Waals surface area contributed by atoms with Gasteiger partial charge < -0.3 is 4.74 Å². The summed E-state index contributed by atoms with van der Waals surface area (Å²) in [5.74, 6) is -0.277. The first kappa shape index (κ1) is 15.0. The molecule has 0 radical (unpaired) electrons. The van der Waals surface area contributed by atoms with Crippen molar-refractivity contribution in [2.45, 2.75) is 6.36 Å². The van der Waals surface area contributed by atoms with Gasteiger partial charge in [0.2, 0.25) is 0 Å². The number of hydrogen-bond donors (Lipinski definition) is 0. The molecule has 0 spiro atoms. The summed E-state index contributed by atoms with van der Waals surface area (Å²) >= 11 is 0. The van der Waals surface area contributed by atoms with E-state index in [0.29, 0.717) is 11.3 Å². The fourth-order valence-corrected chi connectivity index (χ4v) is 2.25. The van der Waals surface area contributed by atoms with Gasteiger partial charge in [0.25, 0.3) is 0 Å². The highest BCUT2D eigenvalue weighted by atomic mass is 19.4. The highest BCUT2D eigenvalue weighted by Crippen LogP contribution is 2.29. The first-order valence-corrected chi connectivity index (χ1v) is 6.70. The zero-order valence-electron chi connectivity index (χ0n) is 11.8. The van der Waals surface area contributed by atoms with Gasteiger partial charge in [0, 0.05) is 16.3 Å². The van der Waals surface area contributed by atoms with Crippen molar-refractivity contribution in [3.63, 3.8) is 0 Å². The summed E-state index contributed by atoms with van der Waals surface area (Å²) in [6, 6.07) is 11.2. The predicted molar refractivity (Wildman–Crippen MR) is 81.7 cm³/mol. The maximum atomic E-state index is 12.2. The van der Waals surface area contributed by atoms with Crippen molar-refractivity contribution >= 4 is 16.8 Å². The summed E-state index contributed by atoms with van der Waals surface area (Å²) in [7, 11) is 0. The van der Waals surface area contributed by atoms with Crippen LogP contribution >= 0.6 is 0 Å². The zero-order valence-corrected chi connectivity index (χ0v) is 11.8. The lowest BCUT2D eigenvalue weighted by Gasteiger charge is -2.10. The quantitative estimate of drug-likeness (QED) is 0.693. The molecule has 1 heterocycles. The fraction of sp³-hybridized carbons (Fsp3) is 0.0588. The molecule has 0 saturated heterocycles. The van der Waals surface area contributed by atoms with Gasteiger partial charge in [0.1, 0.15) is 11.4 Å². The average Bonchev–Trinajstić information content (AvgIpc) is 2.53. The van der Waals surface area contributed by atoms with Gasteiger partial charge in [0.05, 0.1) is 6.20 Å². The van der Waals surface area contributed by atoms with Gasteiger partial charge in [0.15, 0.2) is 0 Å². The largest absolute Gasteiger partial charge is 0.573 e. The summed E-state index contributed by atoms with van der Waals surface area (Å²) in [6.07, 6.45) is -1.36. The van der Waals surface area contributed by atoms with Crippen molar-refractivity contribution in [3.05, 3.63) is 60.8 Å². The SMILES string of the molecule is C=Cc1ccc2cnnc(-c3ccc(OC(F)(F)F)cc3)c2c1. The molecular formula is C17H11F3N2O. The number of ether oxygens (including phenoxy) is 1. The third-order valence-corrected chi connectivity index (χ3v) is 3.28. The molecule has 3 rings (SSSR count). The summed E-state index contributed by atoms with van der Waals surface area (Å²) < 4.78 is 40.5. The molecule has 116 valence electrons. The Morgan fingerprint density at radius 1 is 1.04 bits per heavy atom. The van der Waals surface area contributed by atoms with E-state index in [2.05, 4.69) is 21.5 Å². The zero-order chi connectivity index (χ0) is 16.4. The van der Waals surface area contributed by atoms with E-state index in [1.165, 1.54) is 24.3 Å². The van der Waals surface area contributed by atoms with Crippen LogP contribution in [0.2, 0.25) is 0 Å². The summed E-state index contributed by atoms with van der Waals surface area (Å²) in [5.41, 5.74) is 2.16. The number of benzene rings is 2. The van der Waals surface area contributed by atoms with Crippen molar-refractivity contribution in [1.29, 1.82) is 0 Å². The van der Waals surface area contributed by atoms with E-state index in [0.717, 1.165) is 16.3 Å². The van der Waals surface area contributed by atoms with Crippen LogP contribution in [0, 0.1) is 0 Å². The van der Waals surface area contributed by atoms with Crippen molar-refractivity contribution in [3.8, 4) is 17.0 Å². The van der Waals surface area contributed by atoms with Crippen molar-refractivity contribution in [1.82, 2.24) is 10.2 Å². The molecule has 0 aliphatic rings. The molecular weight excluding hydrogens is 305 g/mol. The Morgan fingerprint density at radius 3 is 2.43 bits per heavy atom. The molecule has 2 aromatic carbocycles. The fourth-order valence-electron chi connectivity index (χ4n) is 2.25. The smallest absolute Gasteiger partial charge is 0.406 e. The number of alkyl halides is 3. The number of rotatable bonds is 3. The monoisotopic (exact) mass is 316 g/mol. The topological polar surface area (TPSA) is 35.0 Å². The van der Waals surface area contributed by atoms with Gasteiger partial charge in [-0.2, -0.15) is 5.10 Å². The van der Waals surface area contributed by atoms with Gasteiger partial charge in [-0.15, -0.1) is 18.3 Å². The molecule has 23 heavy (non-hydrogen) atoms. The summed E-state index contributed by atoms with van der Waals surface area (Å²) in [4.78, 5) is 0. The third kappa shape index (κ3) is 3.31. The van der Waals surface area contributed by atoms with Crippen LogP contribution in [0.5, 0.6) is 5.75 Å². The Morgan fingerprint density at radius 2 is 1.78 bits per heavy atom. The highest BCUT2D eigenvalue weighted by Gasteiger charge is 2.31. The molecule has 6 heteroatoms. The van der Waals surface area contributed by atoms with Crippen LogP contribution < -0.4 is 4.74 Å². The molecule has 3 aromatic rings. The van der Waals surface area contributed by atoms with Gasteiger partial charge in [-0.3, -0.25) is 0 Å². The maximum absolute atomic E-state index is 12.2. The van der Waals surface area contributed by atoms with Gasteiger partial charge in [-0.05, 0) is 35.9 Å². The standard InChI is InChI=1S/C17H11F3N2O/c1-2-11-3-4-13-10-21-22-16(15(13)9-11)12-5-7-14(8-6-12)23-17(18,19)20/h2-10H,1H2. The Bertz CT molecular complexity index is 858. The van der Waals surface area contributed by atoms with Crippen LogP contribution in [-0.2, 0) is 0 Å². The second-order valence-corrected chi connectivity index (χ2v) is 4.82. The van der Waals surface area contributed by atoms with E-state index in [-0.39, 0.29) is 5.75 Å². The molecule has 0 aliphatic heterocycles. The normalized spacial score (nSPS) is 11.4. The molecule has 0 bridgehead atoms. The minimum absolute atomic E-state index is 0.277. The van der Waals surface area contributed by atoms with Crippen molar-refractivity contribution in [2.24, 2.45) is 0 Å². The Kier molecular flexibility index (Phi) is 3.73. The lowest BCUT2D eigenvalue weighted by Crippen LogP contribution is -2.16. The third-order valence-electron chi connectivity index (χ3n) is 3.28. The van der Waals surface area contributed by atoms with E-state index in [4.69, 9.17) is 0 Å². The van der Waals surface area contributed by atoms with Gasteiger partial charge in [-0.25, -0.2) is 0 Å². The molecule has 0 aliphatic carbocycles. The molecule has 0 unspecified atom stereocenters. The number of hydrogen-bond acceptors (Lipinski definition) is 3. The second kappa shape index (κ2) is 5.72.